The summed E-state index contributed by atoms with van der Waals surface area (Å²) in [5.74, 6) is 2.67. The van der Waals surface area contributed by atoms with E-state index in [0.29, 0.717) is 12.7 Å². The summed E-state index contributed by atoms with van der Waals surface area (Å²) in [7, 11) is 0. The zero-order chi connectivity index (χ0) is 23.2. The first-order chi connectivity index (χ1) is 16.1. The number of carbonyl (C=O) groups excluding carboxylic acids is 1. The fraction of sp³-hybridized carbons (Fsp3) is 0.643. The molecule has 1 aromatic heterocycles. The second-order valence-corrected chi connectivity index (χ2v) is 10.00. The van der Waals surface area contributed by atoms with Gasteiger partial charge in [-0.2, -0.15) is 0 Å². The SMILES string of the molecule is CCOC(=O)C1CCN(Cc2ccc3cc(OC4CCC(C(C)CC)CC4)ccc3n2)CC1. The maximum atomic E-state index is 12.0. The highest BCUT2D eigenvalue weighted by atomic mass is 16.5. The molecule has 1 saturated heterocycles. The van der Waals surface area contributed by atoms with Crippen molar-refractivity contribution < 1.29 is 14.3 Å². The largest absolute Gasteiger partial charge is 0.490 e. The lowest BCUT2D eigenvalue weighted by Gasteiger charge is -2.32. The van der Waals surface area contributed by atoms with Crippen LogP contribution in [-0.4, -0.2) is 41.7 Å². The fourth-order valence-corrected chi connectivity index (χ4v) is 5.42. The van der Waals surface area contributed by atoms with Gasteiger partial charge in [-0.3, -0.25) is 14.7 Å². The lowest BCUT2D eigenvalue weighted by molar-refractivity contribution is -0.149. The highest BCUT2D eigenvalue weighted by Crippen LogP contribution is 2.34. The van der Waals surface area contributed by atoms with Crippen molar-refractivity contribution in [3.63, 3.8) is 0 Å². The topological polar surface area (TPSA) is 51.7 Å². The van der Waals surface area contributed by atoms with Crippen LogP contribution in [0, 0.1) is 17.8 Å². The molecule has 0 spiro atoms. The van der Waals surface area contributed by atoms with Gasteiger partial charge in [0.25, 0.3) is 0 Å². The lowest BCUT2D eigenvalue weighted by atomic mass is 9.79. The zero-order valence-corrected chi connectivity index (χ0v) is 20.6. The Morgan fingerprint density at radius 1 is 1.06 bits per heavy atom. The first kappa shape index (κ1) is 24.0. The molecule has 180 valence electrons. The van der Waals surface area contributed by atoms with Crippen LogP contribution in [0.15, 0.2) is 30.3 Å². The van der Waals surface area contributed by atoms with Crippen LogP contribution in [0.1, 0.15) is 71.4 Å². The highest BCUT2D eigenvalue weighted by molar-refractivity contribution is 5.80. The quantitative estimate of drug-likeness (QED) is 0.460. The van der Waals surface area contributed by atoms with Crippen molar-refractivity contribution in [2.24, 2.45) is 17.8 Å². The maximum absolute atomic E-state index is 12.0. The zero-order valence-electron chi connectivity index (χ0n) is 20.6. The third-order valence-corrected chi connectivity index (χ3v) is 7.78. The Labute approximate surface area is 198 Å². The van der Waals surface area contributed by atoms with Gasteiger partial charge in [-0.15, -0.1) is 0 Å². The molecule has 1 aliphatic carbocycles. The molecule has 1 saturated carbocycles. The van der Waals surface area contributed by atoms with Gasteiger partial charge < -0.3 is 9.47 Å². The van der Waals surface area contributed by atoms with Crippen molar-refractivity contribution in [2.75, 3.05) is 19.7 Å². The molecule has 2 fully saturated rings. The summed E-state index contributed by atoms with van der Waals surface area (Å²) in [5.41, 5.74) is 2.09. The number of hydrogen-bond acceptors (Lipinski definition) is 5. The first-order valence-electron chi connectivity index (χ1n) is 13.0. The third kappa shape index (κ3) is 6.26. The molecule has 1 aliphatic heterocycles. The number of hydrogen-bond donors (Lipinski definition) is 0. The average Bonchev–Trinajstić information content (AvgIpc) is 2.84. The smallest absolute Gasteiger partial charge is 0.309 e. The van der Waals surface area contributed by atoms with Crippen LogP contribution in [0.2, 0.25) is 0 Å². The summed E-state index contributed by atoms with van der Waals surface area (Å²) in [5, 5.41) is 1.13. The van der Waals surface area contributed by atoms with Gasteiger partial charge in [0.1, 0.15) is 5.75 Å². The summed E-state index contributed by atoms with van der Waals surface area (Å²) in [6.45, 7) is 9.67. The van der Waals surface area contributed by atoms with Crippen LogP contribution in [0.25, 0.3) is 10.9 Å². The van der Waals surface area contributed by atoms with Crippen molar-refractivity contribution in [1.29, 1.82) is 0 Å². The molecule has 5 heteroatoms. The standard InChI is InChI=1S/C28H40N2O3/c1-4-20(3)21-7-10-25(11-8-21)33-26-12-13-27-23(18-26)6-9-24(29-27)19-30-16-14-22(15-17-30)28(31)32-5-2/h6,9,12-13,18,20-22,25H,4-5,7-8,10-11,14-17,19H2,1-3H3. The van der Waals surface area contributed by atoms with Gasteiger partial charge in [-0.05, 0) is 94.6 Å². The minimum absolute atomic E-state index is 0.0393. The first-order valence-corrected chi connectivity index (χ1v) is 13.0. The Kier molecular flexibility index (Phi) is 8.24. The molecule has 5 nitrogen and oxygen atoms in total. The van der Waals surface area contributed by atoms with Gasteiger partial charge in [-0.1, -0.05) is 26.3 Å². The molecule has 0 radical (unpaired) electrons. The number of rotatable bonds is 8. The molecule has 0 N–H and O–H groups in total. The molecule has 1 unspecified atom stereocenters. The van der Waals surface area contributed by atoms with E-state index in [0.717, 1.165) is 79.5 Å². The maximum Gasteiger partial charge on any atom is 0.309 e. The number of nitrogens with zero attached hydrogens (tertiary/aromatic N) is 2. The van der Waals surface area contributed by atoms with Gasteiger partial charge in [0, 0.05) is 11.9 Å². The predicted molar refractivity (Wildman–Crippen MR) is 132 cm³/mol. The van der Waals surface area contributed by atoms with E-state index >= 15 is 0 Å². The number of piperidine rings is 1. The molecule has 1 aromatic carbocycles. The number of pyridine rings is 1. The number of benzene rings is 1. The second kappa shape index (κ2) is 11.3. The van der Waals surface area contributed by atoms with Crippen molar-refractivity contribution in [3.8, 4) is 5.75 Å². The van der Waals surface area contributed by atoms with Gasteiger partial charge in [0.05, 0.1) is 29.8 Å². The van der Waals surface area contributed by atoms with Crippen LogP contribution in [0.3, 0.4) is 0 Å². The number of esters is 1. The van der Waals surface area contributed by atoms with Crippen LogP contribution in [0.4, 0.5) is 0 Å². The Morgan fingerprint density at radius 2 is 1.82 bits per heavy atom. The number of carbonyl (C=O) groups is 1. The normalized spacial score (nSPS) is 23.4. The van der Waals surface area contributed by atoms with E-state index in [1.807, 2.05) is 6.92 Å². The summed E-state index contributed by atoms with van der Waals surface area (Å²) in [4.78, 5) is 19.2. The predicted octanol–water partition coefficient (Wildman–Crippen LogP) is 5.99. The Bertz CT molecular complexity index is 914. The Balaban J connectivity index is 1.30. The van der Waals surface area contributed by atoms with E-state index in [-0.39, 0.29) is 11.9 Å². The van der Waals surface area contributed by atoms with Crippen LogP contribution in [-0.2, 0) is 16.1 Å². The van der Waals surface area contributed by atoms with E-state index in [9.17, 15) is 4.79 Å². The van der Waals surface area contributed by atoms with E-state index in [1.165, 1.54) is 19.3 Å². The molecule has 33 heavy (non-hydrogen) atoms. The van der Waals surface area contributed by atoms with E-state index in [4.69, 9.17) is 14.5 Å². The third-order valence-electron chi connectivity index (χ3n) is 7.78. The molecule has 2 heterocycles. The lowest BCUT2D eigenvalue weighted by Crippen LogP contribution is -2.36. The van der Waals surface area contributed by atoms with Crippen molar-refractivity contribution in [3.05, 3.63) is 36.0 Å². The summed E-state index contributed by atoms with van der Waals surface area (Å²) in [6.07, 6.45) is 8.26. The van der Waals surface area contributed by atoms with E-state index in [2.05, 4.69) is 49.1 Å². The minimum Gasteiger partial charge on any atom is -0.490 e. The molecule has 2 aliphatic rings. The minimum atomic E-state index is -0.0393. The molecule has 0 amide bonds. The fourth-order valence-electron chi connectivity index (χ4n) is 5.42. The number of likely N-dealkylation sites (tertiary alicyclic amines) is 1. The van der Waals surface area contributed by atoms with Gasteiger partial charge in [0.2, 0.25) is 0 Å². The number of aromatic nitrogens is 1. The van der Waals surface area contributed by atoms with Crippen LogP contribution < -0.4 is 4.74 Å². The molecule has 4 rings (SSSR count). The molecular weight excluding hydrogens is 412 g/mol. The van der Waals surface area contributed by atoms with Crippen molar-refractivity contribution >= 4 is 16.9 Å². The monoisotopic (exact) mass is 452 g/mol. The molecule has 2 aromatic rings. The summed E-state index contributed by atoms with van der Waals surface area (Å²) < 4.78 is 11.5. The van der Waals surface area contributed by atoms with E-state index in [1.54, 1.807) is 0 Å². The van der Waals surface area contributed by atoms with Crippen molar-refractivity contribution in [1.82, 2.24) is 9.88 Å². The Hall–Kier alpha value is -2.14. The summed E-state index contributed by atoms with van der Waals surface area (Å²) >= 11 is 0. The van der Waals surface area contributed by atoms with Crippen molar-refractivity contribution in [2.45, 2.75) is 78.4 Å². The second-order valence-electron chi connectivity index (χ2n) is 10.00. The van der Waals surface area contributed by atoms with E-state index < -0.39 is 0 Å². The summed E-state index contributed by atoms with van der Waals surface area (Å²) in [6, 6.07) is 10.6. The number of fused-ring (bicyclic) bond motifs is 1. The molecule has 1 atom stereocenters. The highest BCUT2D eigenvalue weighted by Gasteiger charge is 2.27. The molecule has 0 bridgehead atoms. The average molecular weight is 453 g/mol. The van der Waals surface area contributed by atoms with Crippen LogP contribution >= 0.6 is 0 Å². The Morgan fingerprint density at radius 3 is 2.52 bits per heavy atom. The molecular formula is C28H40N2O3. The van der Waals surface area contributed by atoms with Crippen LogP contribution in [0.5, 0.6) is 5.75 Å². The van der Waals surface area contributed by atoms with Gasteiger partial charge in [-0.25, -0.2) is 0 Å². The van der Waals surface area contributed by atoms with Gasteiger partial charge in [0.15, 0.2) is 0 Å². The van der Waals surface area contributed by atoms with Gasteiger partial charge >= 0.3 is 5.97 Å². The number of ether oxygens (including phenoxy) is 2.